The number of furan rings is 1. The Balaban J connectivity index is 0.000000605. The van der Waals surface area contributed by atoms with E-state index in [2.05, 4.69) is 6.92 Å². The van der Waals surface area contributed by atoms with Gasteiger partial charge in [0, 0.05) is 0 Å². The second-order valence-corrected chi connectivity index (χ2v) is 2.88. The number of hydrogen-bond donors (Lipinski definition) is 0. The van der Waals surface area contributed by atoms with Gasteiger partial charge in [-0.15, -0.1) is 0 Å². The van der Waals surface area contributed by atoms with Crippen LogP contribution in [0.2, 0.25) is 0 Å². The van der Waals surface area contributed by atoms with Crippen molar-refractivity contribution in [1.82, 2.24) is 0 Å². The zero-order chi connectivity index (χ0) is 7.14. The molecule has 0 bridgehead atoms. The van der Waals surface area contributed by atoms with E-state index < -0.39 is 0 Å². The molecular formula is C8H9LiO2. The van der Waals surface area contributed by atoms with Crippen LogP contribution in [-0.2, 0) is 6.42 Å². The molecule has 1 heterocycles. The molecule has 0 saturated carbocycles. The molecule has 0 saturated heterocycles. The van der Waals surface area contributed by atoms with Gasteiger partial charge in [0.05, 0.1) is 5.95 Å². The summed E-state index contributed by atoms with van der Waals surface area (Å²) < 4.78 is 4.94. The molecule has 0 amide bonds. The van der Waals surface area contributed by atoms with Crippen LogP contribution in [0, 0.1) is 0 Å². The van der Waals surface area contributed by atoms with Gasteiger partial charge in [-0.2, -0.15) is 0 Å². The monoisotopic (exact) mass is 144 g/mol. The van der Waals surface area contributed by atoms with Gasteiger partial charge in [0.15, 0.2) is 0 Å². The Morgan fingerprint density at radius 2 is 2.36 bits per heavy atom. The molecule has 0 fully saturated rings. The van der Waals surface area contributed by atoms with Crippen LogP contribution in [0.15, 0.2) is 10.5 Å². The minimum atomic E-state index is -0.184. The molecule has 2 nitrogen and oxygen atoms in total. The second kappa shape index (κ2) is 2.96. The smallest absolute Gasteiger partial charge is 0.583 e. The molecule has 0 aromatic carbocycles. The molecule has 1 aromatic heterocycles. The van der Waals surface area contributed by atoms with Crippen molar-refractivity contribution in [1.29, 1.82) is 0 Å². The van der Waals surface area contributed by atoms with Crippen molar-refractivity contribution in [3.63, 3.8) is 0 Å². The molecule has 0 aliphatic heterocycles. The molecule has 0 radical (unpaired) electrons. The third-order valence-electron chi connectivity index (χ3n) is 2.15. The van der Waals surface area contributed by atoms with E-state index in [4.69, 9.17) is 4.42 Å². The van der Waals surface area contributed by atoms with Crippen LogP contribution in [0.25, 0.3) is 0 Å². The van der Waals surface area contributed by atoms with Crippen LogP contribution in [0.4, 0.5) is 0 Å². The third-order valence-corrected chi connectivity index (χ3v) is 2.15. The van der Waals surface area contributed by atoms with E-state index in [0.29, 0.717) is 5.92 Å². The number of hydrogen-bond acceptors (Lipinski definition) is 2. The van der Waals surface area contributed by atoms with Gasteiger partial charge in [-0.3, -0.25) is 0 Å². The van der Waals surface area contributed by atoms with Gasteiger partial charge in [-0.25, -0.2) is 0 Å². The fraction of sp³-hybridized carbons (Fsp3) is 0.500. The van der Waals surface area contributed by atoms with E-state index >= 15 is 0 Å². The van der Waals surface area contributed by atoms with Crippen molar-refractivity contribution < 1.29 is 28.4 Å². The fourth-order valence-electron chi connectivity index (χ4n) is 1.53. The van der Waals surface area contributed by atoms with Gasteiger partial charge in [0.2, 0.25) is 0 Å². The Hall–Kier alpha value is -0.323. The molecule has 54 valence electrons. The SMILES string of the molecule is C[C@@H]1CCc2oc([O-])cc21.[Li+]. The first-order chi connectivity index (χ1) is 4.77. The van der Waals surface area contributed by atoms with Crippen LogP contribution >= 0.6 is 0 Å². The standard InChI is InChI=1S/C8H10O2.Li/c1-5-2-3-7-6(5)4-8(9)10-7;/h4-5,9H,2-3H2,1H3;/q;+1/p-1/t5-;/m1./s1. The summed E-state index contributed by atoms with van der Waals surface area (Å²) in [5.74, 6) is 1.26. The molecule has 1 aromatic rings. The first kappa shape index (κ1) is 8.77. The van der Waals surface area contributed by atoms with Gasteiger partial charge in [0.1, 0.15) is 0 Å². The Labute approximate surface area is 77.8 Å². The first-order valence-electron chi connectivity index (χ1n) is 3.57. The van der Waals surface area contributed by atoms with Crippen LogP contribution in [0.5, 0.6) is 5.95 Å². The molecule has 2 rings (SSSR count). The van der Waals surface area contributed by atoms with Crippen molar-refractivity contribution in [2.75, 3.05) is 0 Å². The van der Waals surface area contributed by atoms with E-state index in [0.717, 1.165) is 24.2 Å². The average Bonchev–Trinajstić information content (AvgIpc) is 2.35. The summed E-state index contributed by atoms with van der Waals surface area (Å²) in [6.45, 7) is 2.13. The van der Waals surface area contributed by atoms with E-state index in [9.17, 15) is 5.11 Å². The largest absolute Gasteiger partial charge is 1.00 e. The third kappa shape index (κ3) is 1.33. The normalized spacial score (nSPS) is 21.0. The van der Waals surface area contributed by atoms with Gasteiger partial charge < -0.3 is 9.52 Å². The number of rotatable bonds is 0. The van der Waals surface area contributed by atoms with Crippen molar-refractivity contribution in [3.8, 4) is 5.95 Å². The van der Waals surface area contributed by atoms with E-state index in [-0.39, 0.29) is 24.8 Å². The maximum Gasteiger partial charge on any atom is 1.00 e. The van der Waals surface area contributed by atoms with Crippen LogP contribution in [0.3, 0.4) is 0 Å². The second-order valence-electron chi connectivity index (χ2n) is 2.88. The predicted octanol–water partition coefficient (Wildman–Crippen LogP) is -1.59. The molecule has 0 spiro atoms. The molecule has 3 heteroatoms. The van der Waals surface area contributed by atoms with Gasteiger partial charge in [0.25, 0.3) is 0 Å². The maximum atomic E-state index is 10.7. The van der Waals surface area contributed by atoms with Crippen molar-refractivity contribution in [2.45, 2.75) is 25.7 Å². The van der Waals surface area contributed by atoms with Crippen molar-refractivity contribution in [2.24, 2.45) is 0 Å². The van der Waals surface area contributed by atoms with E-state index in [1.165, 1.54) is 0 Å². The minimum absolute atomic E-state index is 0. The molecule has 11 heavy (non-hydrogen) atoms. The topological polar surface area (TPSA) is 36.2 Å². The zero-order valence-electron chi connectivity index (χ0n) is 6.89. The van der Waals surface area contributed by atoms with Gasteiger partial charge in [-0.1, -0.05) is 6.92 Å². The van der Waals surface area contributed by atoms with Crippen molar-refractivity contribution in [3.05, 3.63) is 17.4 Å². The quantitative estimate of drug-likeness (QED) is 0.411. The molecule has 1 aliphatic carbocycles. The molecule has 0 unspecified atom stereocenters. The van der Waals surface area contributed by atoms with Crippen molar-refractivity contribution >= 4 is 0 Å². The van der Waals surface area contributed by atoms with Crippen LogP contribution in [-0.4, -0.2) is 0 Å². The average molecular weight is 144 g/mol. The fourth-order valence-corrected chi connectivity index (χ4v) is 1.53. The Morgan fingerprint density at radius 3 is 3.00 bits per heavy atom. The Morgan fingerprint density at radius 1 is 1.64 bits per heavy atom. The molecule has 0 N–H and O–H groups in total. The van der Waals surface area contributed by atoms with Crippen LogP contribution in [0.1, 0.15) is 30.6 Å². The molecular weight excluding hydrogens is 135 g/mol. The number of aryl methyl sites for hydroxylation is 1. The first-order valence-corrected chi connectivity index (χ1v) is 3.57. The van der Waals surface area contributed by atoms with Gasteiger partial charge >= 0.3 is 18.9 Å². The van der Waals surface area contributed by atoms with E-state index in [1.54, 1.807) is 6.07 Å². The summed E-state index contributed by atoms with van der Waals surface area (Å²) in [6.07, 6.45) is 2.08. The summed E-state index contributed by atoms with van der Waals surface area (Å²) in [7, 11) is 0. The molecule has 1 aliphatic rings. The predicted molar refractivity (Wildman–Crippen MR) is 34.9 cm³/mol. The summed E-state index contributed by atoms with van der Waals surface area (Å²) >= 11 is 0. The Kier molecular flexibility index (Phi) is 2.36. The zero-order valence-corrected chi connectivity index (χ0v) is 6.89. The summed E-state index contributed by atoms with van der Waals surface area (Å²) in [4.78, 5) is 0. The maximum absolute atomic E-state index is 10.7. The summed E-state index contributed by atoms with van der Waals surface area (Å²) in [5.41, 5.74) is 1.13. The van der Waals surface area contributed by atoms with E-state index in [1.807, 2.05) is 0 Å². The molecule has 1 atom stereocenters. The van der Waals surface area contributed by atoms with Crippen LogP contribution < -0.4 is 24.0 Å². The number of fused-ring (bicyclic) bond motifs is 1. The minimum Gasteiger partial charge on any atom is -0.583 e. The summed E-state index contributed by atoms with van der Waals surface area (Å²) in [5, 5.41) is 10.7. The summed E-state index contributed by atoms with van der Waals surface area (Å²) in [6, 6.07) is 1.62. The Bertz CT molecular complexity index is 255. The van der Waals surface area contributed by atoms with Gasteiger partial charge in [-0.05, 0) is 36.1 Å².